The summed E-state index contributed by atoms with van der Waals surface area (Å²) < 4.78 is 11.7. The number of alkyl halides is 1. The van der Waals surface area contributed by atoms with Gasteiger partial charge >= 0.3 is 6.30 Å². The van der Waals surface area contributed by atoms with E-state index in [0.29, 0.717) is 0 Å². The minimum absolute atomic E-state index is 1.02. The molecule has 0 spiro atoms. The maximum atomic E-state index is 11.7. The first kappa shape index (κ1) is 7.29. The predicted molar refractivity (Wildman–Crippen MR) is 23.6 cm³/mol. The van der Waals surface area contributed by atoms with Crippen LogP contribution in [0.15, 0.2) is 0 Å². The van der Waals surface area contributed by atoms with Crippen molar-refractivity contribution < 1.29 is 14.4 Å². The molecule has 0 aromatic rings. The number of hydrogen-bond donors (Lipinski definition) is 1. The van der Waals surface area contributed by atoms with E-state index in [2.05, 4.69) is 0 Å². The quantitative estimate of drug-likeness (QED) is 0.318. The molecule has 2 unspecified atom stereocenters. The summed E-state index contributed by atoms with van der Waals surface area (Å²) in [5.74, 6) is 0. The van der Waals surface area contributed by atoms with E-state index < -0.39 is 17.3 Å². The molecule has 5 heteroatoms. The van der Waals surface area contributed by atoms with Gasteiger partial charge in [-0.05, 0) is 6.92 Å². The summed E-state index contributed by atoms with van der Waals surface area (Å²) in [5.41, 5.74) is 0. The number of aliphatic hydroxyl groups excluding tert-OH is 1. The fourth-order valence-electron chi connectivity index (χ4n) is 0.176. The summed E-state index contributed by atoms with van der Waals surface area (Å²) in [6, 6.07) is 0. The molecule has 48 valence electrons. The Hall–Kier alpha value is -0.710. The van der Waals surface area contributed by atoms with Crippen LogP contribution in [0.4, 0.5) is 4.39 Å². The van der Waals surface area contributed by atoms with Crippen molar-refractivity contribution in [3.05, 3.63) is 10.1 Å². The largest absolute Gasteiger partial charge is 0.383 e. The topological polar surface area (TPSA) is 63.4 Å². The molecule has 0 saturated carbocycles. The standard InChI is InChI=1S/C3H6FNO3/c1-2(6)3(4)5(7)8/h2-3,6H,1H3. The van der Waals surface area contributed by atoms with Gasteiger partial charge in [0.05, 0.1) is 4.92 Å². The van der Waals surface area contributed by atoms with Gasteiger partial charge in [-0.15, -0.1) is 0 Å². The molecule has 8 heavy (non-hydrogen) atoms. The van der Waals surface area contributed by atoms with Gasteiger partial charge in [-0.1, -0.05) is 0 Å². The molecule has 0 rings (SSSR count). The van der Waals surface area contributed by atoms with Gasteiger partial charge in [0.1, 0.15) is 6.10 Å². The molecule has 0 saturated heterocycles. The van der Waals surface area contributed by atoms with E-state index in [-0.39, 0.29) is 0 Å². The first-order valence-corrected chi connectivity index (χ1v) is 2.01. The molecule has 2 atom stereocenters. The average Bonchev–Trinajstić information content (AvgIpc) is 1.64. The van der Waals surface area contributed by atoms with Crippen LogP contribution in [-0.2, 0) is 0 Å². The molecular formula is C3H6FNO3. The second kappa shape index (κ2) is 2.56. The lowest BCUT2D eigenvalue weighted by Crippen LogP contribution is -2.26. The zero-order valence-electron chi connectivity index (χ0n) is 4.24. The summed E-state index contributed by atoms with van der Waals surface area (Å²) in [5, 5.41) is 17.6. The highest BCUT2D eigenvalue weighted by Crippen LogP contribution is 1.96. The van der Waals surface area contributed by atoms with Gasteiger partial charge < -0.3 is 5.11 Å². The summed E-state index contributed by atoms with van der Waals surface area (Å²) >= 11 is 0. The van der Waals surface area contributed by atoms with E-state index in [1.54, 1.807) is 0 Å². The lowest BCUT2D eigenvalue weighted by molar-refractivity contribution is -0.564. The Bertz CT molecular complexity index is 94.5. The van der Waals surface area contributed by atoms with Crippen LogP contribution in [0.1, 0.15) is 6.92 Å². The molecular weight excluding hydrogens is 117 g/mol. The number of nitrogens with zero attached hydrogens (tertiary/aromatic N) is 1. The van der Waals surface area contributed by atoms with E-state index in [9.17, 15) is 14.5 Å². The van der Waals surface area contributed by atoms with Gasteiger partial charge in [-0.25, -0.2) is 0 Å². The second-order valence-electron chi connectivity index (χ2n) is 1.40. The summed E-state index contributed by atoms with van der Waals surface area (Å²) in [4.78, 5) is 8.24. The minimum Gasteiger partial charge on any atom is -0.383 e. The predicted octanol–water partition coefficient (Wildman–Crippen LogP) is -0.0605. The number of hydrogen-bond acceptors (Lipinski definition) is 3. The lowest BCUT2D eigenvalue weighted by atomic mass is 10.4. The Labute approximate surface area is 45.1 Å². The summed E-state index contributed by atoms with van der Waals surface area (Å²) in [6.45, 7) is 1.02. The van der Waals surface area contributed by atoms with Crippen molar-refractivity contribution in [2.45, 2.75) is 19.3 Å². The summed E-state index contributed by atoms with van der Waals surface area (Å²) in [6.07, 6.45) is -3.88. The maximum Gasteiger partial charge on any atom is 0.374 e. The van der Waals surface area contributed by atoms with Crippen molar-refractivity contribution in [2.24, 2.45) is 0 Å². The number of rotatable bonds is 2. The molecule has 0 aliphatic heterocycles. The fourth-order valence-corrected chi connectivity index (χ4v) is 0.176. The Kier molecular flexibility index (Phi) is 2.33. The minimum atomic E-state index is -2.35. The lowest BCUT2D eigenvalue weighted by Gasteiger charge is -1.99. The Morgan fingerprint density at radius 1 is 1.88 bits per heavy atom. The van der Waals surface area contributed by atoms with E-state index in [4.69, 9.17) is 5.11 Å². The average molecular weight is 123 g/mol. The monoisotopic (exact) mass is 123 g/mol. The van der Waals surface area contributed by atoms with Crippen LogP contribution in [0.3, 0.4) is 0 Å². The molecule has 0 amide bonds. The molecule has 0 radical (unpaired) electrons. The van der Waals surface area contributed by atoms with E-state index in [1.165, 1.54) is 0 Å². The Morgan fingerprint density at radius 3 is 2.25 bits per heavy atom. The zero-order valence-corrected chi connectivity index (χ0v) is 4.24. The Morgan fingerprint density at radius 2 is 2.25 bits per heavy atom. The van der Waals surface area contributed by atoms with Crippen molar-refractivity contribution in [3.63, 3.8) is 0 Å². The maximum absolute atomic E-state index is 11.7. The highest BCUT2D eigenvalue weighted by atomic mass is 19.1. The fraction of sp³-hybridized carbons (Fsp3) is 1.00. The van der Waals surface area contributed by atoms with Crippen LogP contribution in [0, 0.1) is 10.1 Å². The molecule has 4 nitrogen and oxygen atoms in total. The number of halogens is 1. The van der Waals surface area contributed by atoms with Gasteiger partial charge in [0.25, 0.3) is 0 Å². The van der Waals surface area contributed by atoms with Crippen LogP contribution in [0.5, 0.6) is 0 Å². The third kappa shape index (κ3) is 1.83. The van der Waals surface area contributed by atoms with Gasteiger partial charge in [-0.2, -0.15) is 4.39 Å². The van der Waals surface area contributed by atoms with E-state index >= 15 is 0 Å². The van der Waals surface area contributed by atoms with Gasteiger partial charge in [-0.3, -0.25) is 10.1 Å². The number of aliphatic hydroxyl groups is 1. The molecule has 0 aromatic carbocycles. The zero-order chi connectivity index (χ0) is 6.73. The first-order valence-electron chi connectivity index (χ1n) is 2.01. The molecule has 0 fully saturated rings. The van der Waals surface area contributed by atoms with Crippen LogP contribution in [0.25, 0.3) is 0 Å². The van der Waals surface area contributed by atoms with Crippen LogP contribution in [-0.4, -0.2) is 22.4 Å². The van der Waals surface area contributed by atoms with Gasteiger partial charge in [0.2, 0.25) is 0 Å². The third-order valence-electron chi connectivity index (χ3n) is 0.599. The molecule has 0 aromatic heterocycles. The van der Waals surface area contributed by atoms with Gasteiger partial charge in [0.15, 0.2) is 0 Å². The first-order chi connectivity index (χ1) is 3.55. The molecule has 0 aliphatic rings. The number of nitro groups is 1. The van der Waals surface area contributed by atoms with E-state index in [1.807, 2.05) is 0 Å². The summed E-state index contributed by atoms with van der Waals surface area (Å²) in [7, 11) is 0. The SMILES string of the molecule is CC(O)C(F)[N+](=O)[O-]. The Balaban J connectivity index is 3.64. The third-order valence-corrected chi connectivity index (χ3v) is 0.599. The van der Waals surface area contributed by atoms with Crippen molar-refractivity contribution >= 4 is 0 Å². The van der Waals surface area contributed by atoms with Crippen molar-refractivity contribution in [2.75, 3.05) is 0 Å². The van der Waals surface area contributed by atoms with Crippen molar-refractivity contribution in [3.8, 4) is 0 Å². The highest BCUT2D eigenvalue weighted by Gasteiger charge is 2.23. The molecule has 0 bridgehead atoms. The molecule has 1 N–H and O–H groups in total. The smallest absolute Gasteiger partial charge is 0.374 e. The highest BCUT2D eigenvalue weighted by molar-refractivity contribution is 4.46. The van der Waals surface area contributed by atoms with Gasteiger partial charge in [0, 0.05) is 0 Å². The molecule has 0 aliphatic carbocycles. The molecule has 0 heterocycles. The van der Waals surface area contributed by atoms with Crippen molar-refractivity contribution in [1.29, 1.82) is 0 Å². The van der Waals surface area contributed by atoms with E-state index in [0.717, 1.165) is 6.92 Å². The van der Waals surface area contributed by atoms with Crippen LogP contribution in [0.2, 0.25) is 0 Å². The van der Waals surface area contributed by atoms with Crippen LogP contribution >= 0.6 is 0 Å². The normalized spacial score (nSPS) is 17.4. The van der Waals surface area contributed by atoms with Crippen molar-refractivity contribution in [1.82, 2.24) is 0 Å². The van der Waals surface area contributed by atoms with Crippen LogP contribution < -0.4 is 0 Å². The second-order valence-corrected chi connectivity index (χ2v) is 1.40.